The predicted molar refractivity (Wildman–Crippen MR) is 61.6 cm³/mol. The largest absolute Gasteiger partial charge is 0.417 e. The standard InChI is InChI=1S/C11H10F3N.C2H6/c1-3-9-7(2)4-5-8(6-15)10(9)11(12,13)14;1-2/h4-5H,3H2,1-2H3;1-2H3. The summed E-state index contributed by atoms with van der Waals surface area (Å²) in [6.45, 7) is 7.27. The molecule has 0 spiro atoms. The Bertz CT molecular complexity index is 414. The predicted octanol–water partition coefficient (Wildman–Crippen LogP) is 4.47. The Morgan fingerprint density at radius 1 is 1.24 bits per heavy atom. The van der Waals surface area contributed by atoms with Crippen LogP contribution in [0, 0.1) is 18.3 Å². The van der Waals surface area contributed by atoms with E-state index in [9.17, 15) is 13.2 Å². The van der Waals surface area contributed by atoms with E-state index in [1.165, 1.54) is 6.07 Å². The molecule has 0 aromatic heterocycles. The third-order valence-electron chi connectivity index (χ3n) is 2.30. The second-order valence-corrected chi connectivity index (χ2v) is 3.25. The molecule has 94 valence electrons. The highest BCUT2D eigenvalue weighted by atomic mass is 19.4. The average molecular weight is 243 g/mol. The summed E-state index contributed by atoms with van der Waals surface area (Å²) in [6, 6.07) is 4.35. The first-order valence-corrected chi connectivity index (χ1v) is 5.51. The van der Waals surface area contributed by atoms with Gasteiger partial charge in [0.2, 0.25) is 0 Å². The fourth-order valence-electron chi connectivity index (χ4n) is 1.62. The van der Waals surface area contributed by atoms with Crippen molar-refractivity contribution in [3.63, 3.8) is 0 Å². The van der Waals surface area contributed by atoms with Crippen LogP contribution in [0.3, 0.4) is 0 Å². The lowest BCUT2D eigenvalue weighted by Crippen LogP contribution is -2.12. The summed E-state index contributed by atoms with van der Waals surface area (Å²) in [7, 11) is 0. The number of halogens is 3. The minimum Gasteiger partial charge on any atom is -0.192 e. The number of nitrogens with zero attached hydrogens (tertiary/aromatic N) is 1. The number of alkyl halides is 3. The monoisotopic (exact) mass is 243 g/mol. The Morgan fingerprint density at radius 3 is 2.12 bits per heavy atom. The molecule has 0 saturated heterocycles. The van der Waals surface area contributed by atoms with Gasteiger partial charge in [-0.2, -0.15) is 18.4 Å². The molecule has 0 atom stereocenters. The molecule has 1 rings (SSSR count). The highest BCUT2D eigenvalue weighted by molar-refractivity contribution is 5.48. The molecule has 0 fully saturated rings. The van der Waals surface area contributed by atoms with Crippen LogP contribution in [-0.4, -0.2) is 0 Å². The first kappa shape index (κ1) is 15.5. The molecule has 0 aliphatic heterocycles. The Labute approximate surface area is 99.9 Å². The molecule has 0 bridgehead atoms. The van der Waals surface area contributed by atoms with E-state index in [4.69, 9.17) is 5.26 Å². The molecule has 0 amide bonds. The van der Waals surface area contributed by atoms with Crippen molar-refractivity contribution in [2.24, 2.45) is 0 Å². The minimum atomic E-state index is -4.46. The first-order chi connectivity index (χ1) is 7.91. The Balaban J connectivity index is 0.00000121. The fourth-order valence-corrected chi connectivity index (χ4v) is 1.62. The number of hydrogen-bond donors (Lipinski definition) is 0. The minimum absolute atomic E-state index is 0.210. The molecule has 4 heteroatoms. The third kappa shape index (κ3) is 3.48. The number of aryl methyl sites for hydroxylation is 1. The first-order valence-electron chi connectivity index (χ1n) is 5.51. The van der Waals surface area contributed by atoms with Crippen molar-refractivity contribution in [1.29, 1.82) is 5.26 Å². The van der Waals surface area contributed by atoms with Gasteiger partial charge in [-0.1, -0.05) is 26.8 Å². The van der Waals surface area contributed by atoms with Gasteiger partial charge in [0.1, 0.15) is 0 Å². The molecule has 0 N–H and O–H groups in total. The summed E-state index contributed by atoms with van der Waals surface area (Å²) in [5.74, 6) is 0. The zero-order valence-electron chi connectivity index (χ0n) is 10.4. The van der Waals surface area contributed by atoms with E-state index in [1.807, 2.05) is 13.8 Å². The van der Waals surface area contributed by atoms with E-state index >= 15 is 0 Å². The van der Waals surface area contributed by atoms with E-state index in [0.29, 0.717) is 5.56 Å². The smallest absolute Gasteiger partial charge is 0.192 e. The zero-order chi connectivity index (χ0) is 13.6. The lowest BCUT2D eigenvalue weighted by Gasteiger charge is -2.15. The summed E-state index contributed by atoms with van der Waals surface area (Å²) in [4.78, 5) is 0. The SMILES string of the molecule is CC.CCc1c(C)ccc(C#N)c1C(F)(F)F. The Morgan fingerprint density at radius 2 is 1.76 bits per heavy atom. The lowest BCUT2D eigenvalue weighted by atomic mass is 9.95. The van der Waals surface area contributed by atoms with E-state index in [2.05, 4.69) is 0 Å². The molecule has 1 aromatic carbocycles. The van der Waals surface area contributed by atoms with Crippen molar-refractivity contribution in [3.05, 3.63) is 34.4 Å². The van der Waals surface area contributed by atoms with E-state index in [1.54, 1.807) is 26.0 Å². The van der Waals surface area contributed by atoms with Crippen LogP contribution in [0.5, 0.6) is 0 Å². The summed E-state index contributed by atoms with van der Waals surface area (Å²) >= 11 is 0. The van der Waals surface area contributed by atoms with Crippen LogP contribution in [0.2, 0.25) is 0 Å². The van der Waals surface area contributed by atoms with Crippen molar-refractivity contribution in [2.45, 2.75) is 40.3 Å². The van der Waals surface area contributed by atoms with Gasteiger partial charge >= 0.3 is 6.18 Å². The molecule has 0 saturated carbocycles. The van der Waals surface area contributed by atoms with Gasteiger partial charge in [-0.3, -0.25) is 0 Å². The highest BCUT2D eigenvalue weighted by Gasteiger charge is 2.36. The average Bonchev–Trinajstić information content (AvgIpc) is 2.30. The van der Waals surface area contributed by atoms with Gasteiger partial charge in [-0.15, -0.1) is 0 Å². The van der Waals surface area contributed by atoms with Crippen molar-refractivity contribution < 1.29 is 13.2 Å². The summed E-state index contributed by atoms with van der Waals surface area (Å²) < 4.78 is 38.1. The summed E-state index contributed by atoms with van der Waals surface area (Å²) in [6.07, 6.45) is -4.18. The maximum atomic E-state index is 12.7. The topological polar surface area (TPSA) is 23.8 Å². The third-order valence-corrected chi connectivity index (χ3v) is 2.30. The van der Waals surface area contributed by atoms with Gasteiger partial charge in [0, 0.05) is 0 Å². The van der Waals surface area contributed by atoms with Gasteiger partial charge in [0.15, 0.2) is 0 Å². The normalized spacial score (nSPS) is 10.2. The molecular weight excluding hydrogens is 227 g/mol. The van der Waals surface area contributed by atoms with Crippen LogP contribution in [0.4, 0.5) is 13.2 Å². The number of rotatable bonds is 1. The summed E-state index contributed by atoms with van der Waals surface area (Å²) in [5, 5.41) is 8.64. The van der Waals surface area contributed by atoms with Crippen LogP contribution in [0.15, 0.2) is 12.1 Å². The van der Waals surface area contributed by atoms with Crippen molar-refractivity contribution in [1.82, 2.24) is 0 Å². The van der Waals surface area contributed by atoms with Gasteiger partial charge in [0.25, 0.3) is 0 Å². The second kappa shape index (κ2) is 6.29. The Hall–Kier alpha value is -1.50. The molecule has 0 radical (unpaired) electrons. The van der Waals surface area contributed by atoms with Crippen LogP contribution in [-0.2, 0) is 12.6 Å². The quantitative estimate of drug-likeness (QED) is 0.713. The maximum absolute atomic E-state index is 12.7. The molecule has 0 heterocycles. The highest BCUT2D eigenvalue weighted by Crippen LogP contribution is 2.36. The van der Waals surface area contributed by atoms with Crippen molar-refractivity contribution in [2.75, 3.05) is 0 Å². The maximum Gasteiger partial charge on any atom is 0.417 e. The van der Waals surface area contributed by atoms with Crippen LogP contribution in [0.1, 0.15) is 43.0 Å². The van der Waals surface area contributed by atoms with Crippen LogP contribution < -0.4 is 0 Å². The number of benzene rings is 1. The second-order valence-electron chi connectivity index (χ2n) is 3.25. The molecule has 1 aromatic rings. The molecule has 0 aliphatic rings. The molecule has 0 unspecified atom stereocenters. The van der Waals surface area contributed by atoms with Crippen molar-refractivity contribution in [3.8, 4) is 6.07 Å². The number of hydrogen-bond acceptors (Lipinski definition) is 1. The number of nitriles is 1. The Kier molecular flexibility index (Phi) is 5.73. The van der Waals surface area contributed by atoms with Gasteiger partial charge in [-0.05, 0) is 30.5 Å². The van der Waals surface area contributed by atoms with Gasteiger partial charge in [-0.25, -0.2) is 0 Å². The lowest BCUT2D eigenvalue weighted by molar-refractivity contribution is -0.138. The van der Waals surface area contributed by atoms with Crippen molar-refractivity contribution >= 4 is 0 Å². The van der Waals surface area contributed by atoms with Crippen LogP contribution >= 0.6 is 0 Å². The molecule has 1 nitrogen and oxygen atoms in total. The van der Waals surface area contributed by atoms with Gasteiger partial charge < -0.3 is 0 Å². The molecular formula is C13H16F3N. The molecule has 0 aliphatic carbocycles. The van der Waals surface area contributed by atoms with Gasteiger partial charge in [0.05, 0.1) is 17.2 Å². The van der Waals surface area contributed by atoms with E-state index < -0.39 is 11.7 Å². The zero-order valence-corrected chi connectivity index (χ0v) is 10.4. The molecule has 17 heavy (non-hydrogen) atoms. The summed E-state index contributed by atoms with van der Waals surface area (Å²) in [5.41, 5.74) is -0.303. The van der Waals surface area contributed by atoms with E-state index in [0.717, 1.165) is 0 Å². The van der Waals surface area contributed by atoms with Crippen LogP contribution in [0.25, 0.3) is 0 Å². The van der Waals surface area contributed by atoms with E-state index in [-0.39, 0.29) is 17.5 Å². The fraction of sp³-hybridized carbons (Fsp3) is 0.462.